The highest BCUT2D eigenvalue weighted by molar-refractivity contribution is 5.90. The zero-order valence-corrected chi connectivity index (χ0v) is 11.8. The van der Waals surface area contributed by atoms with E-state index in [1.54, 1.807) is 0 Å². The van der Waals surface area contributed by atoms with E-state index in [-0.39, 0.29) is 17.8 Å². The van der Waals surface area contributed by atoms with E-state index in [0.29, 0.717) is 0 Å². The molecule has 1 aromatic heterocycles. The number of nitrogens with one attached hydrogen (secondary N) is 2. The first-order valence-electron chi connectivity index (χ1n) is 7.13. The number of likely N-dealkylation sites (tertiary alicyclic amines) is 1. The third-order valence-corrected chi connectivity index (χ3v) is 3.43. The Morgan fingerprint density at radius 3 is 2.79 bits per heavy atom. The number of carbonyl (C=O) groups excluding carboxylic acids is 1. The molecule has 2 N–H and O–H groups in total. The fourth-order valence-electron chi connectivity index (χ4n) is 2.42. The van der Waals surface area contributed by atoms with Crippen molar-refractivity contribution in [3.63, 3.8) is 0 Å². The smallest absolute Gasteiger partial charge is 0.291 e. The van der Waals surface area contributed by atoms with E-state index >= 15 is 0 Å². The van der Waals surface area contributed by atoms with Crippen LogP contribution in [0.1, 0.15) is 49.6 Å². The summed E-state index contributed by atoms with van der Waals surface area (Å²) in [5.41, 5.74) is 0. The Labute approximate surface area is 114 Å². The van der Waals surface area contributed by atoms with Crippen LogP contribution in [0.15, 0.2) is 0 Å². The lowest BCUT2D eigenvalue weighted by Crippen LogP contribution is -2.43. The Morgan fingerprint density at radius 2 is 2.16 bits per heavy atom. The summed E-state index contributed by atoms with van der Waals surface area (Å²) in [4.78, 5) is 18.5. The summed E-state index contributed by atoms with van der Waals surface area (Å²) in [5, 5.41) is 9.64. The van der Waals surface area contributed by atoms with Gasteiger partial charge in [0.15, 0.2) is 0 Å². The maximum atomic E-state index is 12.0. The second kappa shape index (κ2) is 6.65. The lowest BCUT2D eigenvalue weighted by atomic mass is 10.1. The second-order valence-electron chi connectivity index (χ2n) is 5.20. The molecule has 106 valence electrons. The molecule has 1 amide bonds. The molecule has 0 aliphatic carbocycles. The van der Waals surface area contributed by atoms with Gasteiger partial charge in [-0.2, -0.15) is 0 Å². The number of carbonyl (C=O) groups is 1. The number of amides is 1. The average Bonchev–Trinajstić information content (AvgIpc) is 2.88. The molecule has 0 radical (unpaired) electrons. The molecular formula is C13H23N5O. The highest BCUT2D eigenvalue weighted by Crippen LogP contribution is 2.08. The highest BCUT2D eigenvalue weighted by atomic mass is 16.2. The third-order valence-electron chi connectivity index (χ3n) is 3.43. The second-order valence-corrected chi connectivity index (χ2v) is 5.20. The first-order valence-corrected chi connectivity index (χ1v) is 7.13. The predicted octanol–water partition coefficient (Wildman–Crippen LogP) is 0.971. The summed E-state index contributed by atoms with van der Waals surface area (Å²) in [7, 11) is 0. The molecule has 1 fully saturated rings. The summed E-state index contributed by atoms with van der Waals surface area (Å²) in [6.07, 6.45) is 4.61. The zero-order chi connectivity index (χ0) is 13.7. The van der Waals surface area contributed by atoms with Crippen molar-refractivity contribution in [2.45, 2.75) is 45.6 Å². The maximum absolute atomic E-state index is 12.0. The molecule has 0 bridgehead atoms. The molecule has 1 saturated heterocycles. The van der Waals surface area contributed by atoms with Crippen LogP contribution in [0, 0.1) is 0 Å². The summed E-state index contributed by atoms with van der Waals surface area (Å²) in [6, 6.07) is 0.120. The Bertz CT molecular complexity index is 411. The van der Waals surface area contributed by atoms with Gasteiger partial charge in [0, 0.05) is 19.0 Å². The van der Waals surface area contributed by atoms with Crippen LogP contribution in [0.2, 0.25) is 0 Å². The Hall–Kier alpha value is -1.43. The van der Waals surface area contributed by atoms with Crippen LogP contribution in [-0.2, 0) is 6.42 Å². The van der Waals surface area contributed by atoms with Crippen LogP contribution in [-0.4, -0.2) is 51.7 Å². The van der Waals surface area contributed by atoms with Crippen LogP contribution in [0.5, 0.6) is 0 Å². The lowest BCUT2D eigenvalue weighted by molar-refractivity contribution is 0.0915. The van der Waals surface area contributed by atoms with Gasteiger partial charge >= 0.3 is 0 Å². The number of H-pyrrole nitrogens is 1. The first kappa shape index (κ1) is 14.0. The van der Waals surface area contributed by atoms with Gasteiger partial charge in [-0.1, -0.05) is 13.3 Å². The molecule has 1 aliphatic heterocycles. The SMILES string of the molecule is CCc1nc(C(=O)NC(C)CN2CCCCC2)n[nH]1. The van der Waals surface area contributed by atoms with Crippen molar-refractivity contribution in [3.8, 4) is 0 Å². The molecule has 6 heteroatoms. The molecule has 1 aliphatic rings. The van der Waals surface area contributed by atoms with Crippen LogP contribution >= 0.6 is 0 Å². The average molecular weight is 265 g/mol. The molecular weight excluding hydrogens is 242 g/mol. The summed E-state index contributed by atoms with van der Waals surface area (Å²) in [6.45, 7) is 7.18. The van der Waals surface area contributed by atoms with Gasteiger partial charge in [-0.25, -0.2) is 4.98 Å². The minimum absolute atomic E-state index is 0.120. The normalized spacial score (nSPS) is 18.2. The number of hydrogen-bond acceptors (Lipinski definition) is 4. The molecule has 19 heavy (non-hydrogen) atoms. The van der Waals surface area contributed by atoms with Crippen molar-refractivity contribution in [2.75, 3.05) is 19.6 Å². The molecule has 0 saturated carbocycles. The number of hydrogen-bond donors (Lipinski definition) is 2. The number of rotatable bonds is 5. The van der Waals surface area contributed by atoms with Crippen molar-refractivity contribution in [2.24, 2.45) is 0 Å². The van der Waals surface area contributed by atoms with E-state index in [9.17, 15) is 4.79 Å². The van der Waals surface area contributed by atoms with Gasteiger partial charge < -0.3 is 10.2 Å². The fraction of sp³-hybridized carbons (Fsp3) is 0.769. The van der Waals surface area contributed by atoms with E-state index in [1.165, 1.54) is 19.3 Å². The standard InChI is InChI=1S/C13H23N5O/c1-3-11-15-12(17-16-11)13(19)14-10(2)9-18-7-5-4-6-8-18/h10H,3-9H2,1-2H3,(H,14,19)(H,15,16,17). The zero-order valence-electron chi connectivity index (χ0n) is 11.8. The molecule has 0 spiro atoms. The van der Waals surface area contributed by atoms with Crippen molar-refractivity contribution in [1.29, 1.82) is 0 Å². The van der Waals surface area contributed by atoms with Gasteiger partial charge in [0.1, 0.15) is 5.82 Å². The maximum Gasteiger partial charge on any atom is 0.291 e. The van der Waals surface area contributed by atoms with E-state index in [0.717, 1.165) is 31.9 Å². The Balaban J connectivity index is 1.80. The molecule has 2 rings (SSSR count). The minimum atomic E-state index is -0.194. The number of aromatic nitrogens is 3. The van der Waals surface area contributed by atoms with E-state index in [4.69, 9.17) is 0 Å². The number of aryl methyl sites for hydroxylation is 1. The topological polar surface area (TPSA) is 73.9 Å². The van der Waals surface area contributed by atoms with E-state index in [2.05, 4.69) is 25.4 Å². The van der Waals surface area contributed by atoms with Gasteiger partial charge in [-0.3, -0.25) is 9.89 Å². The highest BCUT2D eigenvalue weighted by Gasteiger charge is 2.17. The molecule has 6 nitrogen and oxygen atoms in total. The lowest BCUT2D eigenvalue weighted by Gasteiger charge is -2.29. The summed E-state index contributed by atoms with van der Waals surface area (Å²) < 4.78 is 0. The van der Waals surface area contributed by atoms with E-state index < -0.39 is 0 Å². The Morgan fingerprint density at radius 1 is 1.42 bits per heavy atom. The summed E-state index contributed by atoms with van der Waals surface area (Å²) in [5.74, 6) is 0.789. The molecule has 2 heterocycles. The van der Waals surface area contributed by atoms with Crippen molar-refractivity contribution in [1.82, 2.24) is 25.4 Å². The van der Waals surface area contributed by atoms with Gasteiger partial charge in [0.05, 0.1) is 0 Å². The monoisotopic (exact) mass is 265 g/mol. The number of nitrogens with zero attached hydrogens (tertiary/aromatic N) is 3. The predicted molar refractivity (Wildman–Crippen MR) is 73.0 cm³/mol. The molecule has 1 unspecified atom stereocenters. The molecule has 0 aromatic carbocycles. The van der Waals surface area contributed by atoms with Crippen molar-refractivity contribution < 1.29 is 4.79 Å². The largest absolute Gasteiger partial charge is 0.346 e. The Kier molecular flexibility index (Phi) is 4.90. The fourth-order valence-corrected chi connectivity index (χ4v) is 2.42. The van der Waals surface area contributed by atoms with Crippen LogP contribution in [0.25, 0.3) is 0 Å². The van der Waals surface area contributed by atoms with Gasteiger partial charge in [-0.05, 0) is 32.9 Å². The summed E-state index contributed by atoms with van der Waals surface area (Å²) >= 11 is 0. The quantitative estimate of drug-likeness (QED) is 0.832. The van der Waals surface area contributed by atoms with Crippen LogP contribution < -0.4 is 5.32 Å². The number of aromatic amines is 1. The van der Waals surface area contributed by atoms with Crippen molar-refractivity contribution in [3.05, 3.63) is 11.6 Å². The third kappa shape index (κ3) is 4.02. The van der Waals surface area contributed by atoms with Gasteiger partial charge in [-0.15, -0.1) is 5.10 Å². The minimum Gasteiger partial charge on any atom is -0.346 e. The first-order chi connectivity index (χ1) is 9.19. The molecule has 1 atom stereocenters. The van der Waals surface area contributed by atoms with Crippen LogP contribution in [0.4, 0.5) is 0 Å². The van der Waals surface area contributed by atoms with Crippen molar-refractivity contribution >= 4 is 5.91 Å². The molecule has 1 aromatic rings. The van der Waals surface area contributed by atoms with Gasteiger partial charge in [0.25, 0.3) is 5.91 Å². The van der Waals surface area contributed by atoms with E-state index in [1.807, 2.05) is 13.8 Å². The van der Waals surface area contributed by atoms with Crippen LogP contribution in [0.3, 0.4) is 0 Å². The van der Waals surface area contributed by atoms with Gasteiger partial charge in [0.2, 0.25) is 5.82 Å². The number of piperidine rings is 1.